The van der Waals surface area contributed by atoms with Gasteiger partial charge in [0.1, 0.15) is 13.2 Å². The maximum Gasteiger partial charge on any atom is 0.248 e. The summed E-state index contributed by atoms with van der Waals surface area (Å²) in [6.07, 6.45) is 45.4. The molecule has 0 radical (unpaired) electrons. The Labute approximate surface area is 338 Å². The molecule has 0 heterocycles. The zero-order chi connectivity index (χ0) is 39.4. The summed E-state index contributed by atoms with van der Waals surface area (Å²) in [4.78, 5) is 29.6. The smallest absolute Gasteiger partial charge is 0.248 e. The summed E-state index contributed by atoms with van der Waals surface area (Å²) in [5, 5.41) is 0. The summed E-state index contributed by atoms with van der Waals surface area (Å²) >= 11 is 0. The molecule has 0 aliphatic rings. The van der Waals surface area contributed by atoms with Gasteiger partial charge in [0.15, 0.2) is 0 Å². The van der Waals surface area contributed by atoms with Crippen LogP contribution in [0, 0.1) is 0 Å². The molecule has 322 valence electrons. The van der Waals surface area contributed by atoms with Gasteiger partial charge in [0.25, 0.3) is 0 Å². The summed E-state index contributed by atoms with van der Waals surface area (Å²) in [5.74, 6) is 0.142. The number of ether oxygens (including phenoxy) is 2. The summed E-state index contributed by atoms with van der Waals surface area (Å²) in [6.45, 7) is 12.9. The lowest BCUT2D eigenvalue weighted by molar-refractivity contribution is -0.139. The third-order valence-corrected chi connectivity index (χ3v) is 11.1. The standard InChI is InChI=1S/C48H96N2O4/c1-5-9-11-13-15-17-19-21-23-25-27-29-31-33-35-37-41-49(39-7-3)47(51)45-53-43-44-54-46-48(52)50(40-8-4)42-38-36-34-32-30-28-26-24-22-20-18-16-14-12-10-6-2/h5-46H2,1-4H3. The lowest BCUT2D eigenvalue weighted by atomic mass is 10.0. The monoisotopic (exact) mass is 765 g/mol. The van der Waals surface area contributed by atoms with Crippen molar-refractivity contribution in [3.8, 4) is 0 Å². The van der Waals surface area contributed by atoms with Crippen LogP contribution < -0.4 is 0 Å². The number of carbonyl (C=O) groups excluding carboxylic acids is 2. The molecule has 0 saturated carbocycles. The van der Waals surface area contributed by atoms with Crippen molar-refractivity contribution in [1.82, 2.24) is 9.80 Å². The fourth-order valence-corrected chi connectivity index (χ4v) is 7.58. The van der Waals surface area contributed by atoms with Gasteiger partial charge >= 0.3 is 0 Å². The summed E-state index contributed by atoms with van der Waals surface area (Å²) in [6, 6.07) is 0. The van der Waals surface area contributed by atoms with Crippen molar-refractivity contribution in [1.29, 1.82) is 0 Å². The number of hydrogen-bond donors (Lipinski definition) is 0. The van der Waals surface area contributed by atoms with E-state index in [1.807, 2.05) is 9.80 Å². The SMILES string of the molecule is CCCCCCCCCCCCCCCCCCN(CCC)C(=O)COCCOCC(=O)N(CCC)CCCCCCCCCCCCCCCCCC. The first-order valence-corrected chi connectivity index (χ1v) is 24.3. The largest absolute Gasteiger partial charge is 0.369 e. The second-order valence-electron chi connectivity index (χ2n) is 16.5. The lowest BCUT2D eigenvalue weighted by Crippen LogP contribution is -2.36. The fraction of sp³-hybridized carbons (Fsp3) is 0.958. The predicted octanol–water partition coefficient (Wildman–Crippen LogP) is 14.0. The Kier molecular flexibility index (Phi) is 43.6. The minimum absolute atomic E-state index is 0.0711. The highest BCUT2D eigenvalue weighted by Crippen LogP contribution is 2.16. The molecule has 0 aromatic rings. The van der Waals surface area contributed by atoms with Gasteiger partial charge in [0.2, 0.25) is 11.8 Å². The fourth-order valence-electron chi connectivity index (χ4n) is 7.58. The van der Waals surface area contributed by atoms with Gasteiger partial charge in [-0.1, -0.05) is 220 Å². The van der Waals surface area contributed by atoms with Crippen molar-refractivity contribution < 1.29 is 19.1 Å². The highest BCUT2D eigenvalue weighted by Gasteiger charge is 2.14. The molecule has 6 nitrogen and oxygen atoms in total. The maximum atomic E-state index is 12.8. The molecule has 6 heteroatoms. The van der Waals surface area contributed by atoms with Crippen molar-refractivity contribution in [3.05, 3.63) is 0 Å². The summed E-state index contributed by atoms with van der Waals surface area (Å²) < 4.78 is 11.3. The molecule has 0 fully saturated rings. The molecule has 0 rings (SSSR count). The first-order chi connectivity index (χ1) is 26.6. The van der Waals surface area contributed by atoms with Crippen LogP contribution in [0.3, 0.4) is 0 Å². The quantitative estimate of drug-likeness (QED) is 0.0579. The van der Waals surface area contributed by atoms with Gasteiger partial charge in [0.05, 0.1) is 13.2 Å². The maximum absolute atomic E-state index is 12.8. The number of amides is 2. The Morgan fingerprint density at radius 1 is 0.296 bits per heavy atom. The minimum atomic E-state index is 0.0711. The second-order valence-corrected chi connectivity index (χ2v) is 16.5. The van der Waals surface area contributed by atoms with Crippen molar-refractivity contribution in [2.75, 3.05) is 52.6 Å². The first-order valence-electron chi connectivity index (χ1n) is 24.3. The van der Waals surface area contributed by atoms with Crippen molar-refractivity contribution in [2.24, 2.45) is 0 Å². The Morgan fingerprint density at radius 2 is 0.519 bits per heavy atom. The van der Waals surface area contributed by atoms with E-state index in [0.29, 0.717) is 13.2 Å². The molecular weight excluding hydrogens is 669 g/mol. The van der Waals surface area contributed by atoms with Crippen LogP contribution in [0.4, 0.5) is 0 Å². The number of unbranched alkanes of at least 4 members (excludes halogenated alkanes) is 30. The molecule has 0 aliphatic heterocycles. The first kappa shape index (κ1) is 52.9. The topological polar surface area (TPSA) is 59.1 Å². The van der Waals surface area contributed by atoms with Crippen LogP contribution in [0.5, 0.6) is 0 Å². The summed E-state index contributed by atoms with van der Waals surface area (Å²) in [7, 11) is 0. The molecule has 0 unspecified atom stereocenters. The normalized spacial score (nSPS) is 11.4. The minimum Gasteiger partial charge on any atom is -0.369 e. The molecule has 0 atom stereocenters. The van der Waals surface area contributed by atoms with Crippen LogP contribution >= 0.6 is 0 Å². The van der Waals surface area contributed by atoms with Crippen molar-refractivity contribution >= 4 is 11.8 Å². The second kappa shape index (κ2) is 44.6. The molecule has 0 bridgehead atoms. The van der Waals surface area contributed by atoms with E-state index in [1.54, 1.807) is 0 Å². The van der Waals surface area contributed by atoms with Crippen molar-refractivity contribution in [3.63, 3.8) is 0 Å². The highest BCUT2D eigenvalue weighted by atomic mass is 16.5. The molecular formula is C48H96N2O4. The molecule has 0 saturated heterocycles. The Bertz CT molecular complexity index is 701. The molecule has 0 N–H and O–H groups in total. The van der Waals surface area contributed by atoms with Gasteiger partial charge in [0, 0.05) is 26.2 Å². The average molecular weight is 765 g/mol. The van der Waals surface area contributed by atoms with E-state index in [4.69, 9.17) is 9.47 Å². The summed E-state index contributed by atoms with van der Waals surface area (Å²) in [5.41, 5.74) is 0. The van der Waals surface area contributed by atoms with E-state index in [0.717, 1.165) is 51.9 Å². The Hall–Kier alpha value is -1.14. The van der Waals surface area contributed by atoms with E-state index >= 15 is 0 Å². The lowest BCUT2D eigenvalue weighted by Gasteiger charge is -2.23. The number of nitrogens with zero attached hydrogens (tertiary/aromatic N) is 2. The zero-order valence-electron chi connectivity index (χ0n) is 37.2. The van der Waals surface area contributed by atoms with Gasteiger partial charge in [-0.25, -0.2) is 0 Å². The zero-order valence-corrected chi connectivity index (χ0v) is 37.2. The molecule has 2 amide bonds. The van der Waals surface area contributed by atoms with Crippen LogP contribution in [0.2, 0.25) is 0 Å². The van der Waals surface area contributed by atoms with Crippen LogP contribution in [-0.2, 0) is 19.1 Å². The molecule has 0 aliphatic carbocycles. The molecule has 0 spiro atoms. The van der Waals surface area contributed by atoms with E-state index in [-0.39, 0.29) is 25.0 Å². The van der Waals surface area contributed by atoms with E-state index in [9.17, 15) is 9.59 Å². The van der Waals surface area contributed by atoms with Crippen molar-refractivity contribution in [2.45, 2.75) is 246 Å². The predicted molar refractivity (Wildman–Crippen MR) is 234 cm³/mol. The third-order valence-electron chi connectivity index (χ3n) is 11.1. The van der Waals surface area contributed by atoms with Crippen LogP contribution in [0.15, 0.2) is 0 Å². The van der Waals surface area contributed by atoms with Gasteiger partial charge < -0.3 is 19.3 Å². The van der Waals surface area contributed by atoms with Crippen LogP contribution in [0.25, 0.3) is 0 Å². The molecule has 0 aromatic carbocycles. The van der Waals surface area contributed by atoms with Crippen LogP contribution in [0.1, 0.15) is 246 Å². The average Bonchev–Trinajstić information content (AvgIpc) is 3.17. The Morgan fingerprint density at radius 3 is 0.741 bits per heavy atom. The number of hydrogen-bond acceptors (Lipinski definition) is 4. The van der Waals surface area contributed by atoms with E-state index < -0.39 is 0 Å². The van der Waals surface area contributed by atoms with E-state index in [1.165, 1.54) is 193 Å². The van der Waals surface area contributed by atoms with Crippen LogP contribution in [-0.4, -0.2) is 74.2 Å². The highest BCUT2D eigenvalue weighted by molar-refractivity contribution is 5.77. The molecule has 54 heavy (non-hydrogen) atoms. The van der Waals surface area contributed by atoms with E-state index in [2.05, 4.69) is 27.7 Å². The number of rotatable bonds is 45. The molecule has 0 aromatic heterocycles. The van der Waals surface area contributed by atoms with Gasteiger partial charge in [-0.05, 0) is 25.7 Å². The third kappa shape index (κ3) is 37.8. The van der Waals surface area contributed by atoms with Gasteiger partial charge in [-0.3, -0.25) is 9.59 Å². The van der Waals surface area contributed by atoms with Gasteiger partial charge in [-0.2, -0.15) is 0 Å². The van der Waals surface area contributed by atoms with Gasteiger partial charge in [-0.15, -0.1) is 0 Å². The number of carbonyl (C=O) groups is 2. The Balaban J connectivity index is 3.79.